The van der Waals surface area contributed by atoms with Gasteiger partial charge in [0.25, 0.3) is 0 Å². The lowest BCUT2D eigenvalue weighted by Crippen LogP contribution is -2.26. The molecule has 0 aliphatic carbocycles. The second-order valence-corrected chi connectivity index (χ2v) is 5.77. The number of halogens is 1. The first-order valence-electron chi connectivity index (χ1n) is 6.77. The molecular weight excluding hydrogens is 318 g/mol. The Morgan fingerprint density at radius 2 is 2.20 bits per heavy atom. The lowest BCUT2D eigenvalue weighted by Gasteiger charge is -2.15. The summed E-state index contributed by atoms with van der Waals surface area (Å²) in [7, 11) is 1.70. The van der Waals surface area contributed by atoms with Crippen LogP contribution in [-0.4, -0.2) is 13.2 Å². The largest absolute Gasteiger partial charge is 0.496 e. The van der Waals surface area contributed by atoms with Crippen molar-refractivity contribution in [3.05, 3.63) is 52.4 Å². The molecule has 108 valence electrons. The number of ether oxygens (including phenoxy) is 1. The van der Waals surface area contributed by atoms with Crippen LogP contribution in [0, 0.1) is 0 Å². The van der Waals surface area contributed by atoms with E-state index in [0.717, 1.165) is 40.9 Å². The van der Waals surface area contributed by atoms with Gasteiger partial charge in [0.05, 0.1) is 13.4 Å². The first-order chi connectivity index (χ1) is 9.69. The number of rotatable bonds is 7. The summed E-state index contributed by atoms with van der Waals surface area (Å²) in [5.41, 5.74) is 1.16. The number of hydrogen-bond donors (Lipinski definition) is 1. The van der Waals surface area contributed by atoms with Crippen molar-refractivity contribution >= 4 is 15.9 Å². The average molecular weight is 338 g/mol. The molecule has 0 fully saturated rings. The Balaban J connectivity index is 1.83. The maximum atomic E-state index is 5.38. The van der Waals surface area contributed by atoms with Crippen molar-refractivity contribution in [3.8, 4) is 5.75 Å². The van der Waals surface area contributed by atoms with Crippen LogP contribution in [0.5, 0.6) is 5.75 Å². The molecule has 0 bridgehead atoms. The summed E-state index contributed by atoms with van der Waals surface area (Å²) in [6, 6.07) is 10.4. The molecular formula is C16H20BrNO2. The molecule has 0 aliphatic rings. The van der Waals surface area contributed by atoms with Gasteiger partial charge in [-0.1, -0.05) is 15.9 Å². The van der Waals surface area contributed by atoms with Crippen molar-refractivity contribution in [3.63, 3.8) is 0 Å². The third-order valence-corrected chi connectivity index (χ3v) is 3.78. The van der Waals surface area contributed by atoms with E-state index in [9.17, 15) is 0 Å². The highest BCUT2D eigenvalue weighted by Gasteiger charge is 2.07. The zero-order valence-electron chi connectivity index (χ0n) is 11.9. The van der Waals surface area contributed by atoms with Gasteiger partial charge in [0.15, 0.2) is 0 Å². The van der Waals surface area contributed by atoms with Gasteiger partial charge in [-0.3, -0.25) is 0 Å². The third-order valence-electron chi connectivity index (χ3n) is 3.29. The third kappa shape index (κ3) is 4.39. The lowest BCUT2D eigenvalue weighted by atomic mass is 10.1. The van der Waals surface area contributed by atoms with E-state index < -0.39 is 0 Å². The first-order valence-corrected chi connectivity index (χ1v) is 7.56. The number of hydrogen-bond acceptors (Lipinski definition) is 3. The Labute approximate surface area is 128 Å². The summed E-state index contributed by atoms with van der Waals surface area (Å²) in [6.07, 6.45) is 3.72. The molecule has 0 radical (unpaired) electrons. The minimum atomic E-state index is 0.420. The van der Waals surface area contributed by atoms with Gasteiger partial charge in [-0.05, 0) is 43.7 Å². The predicted molar refractivity (Wildman–Crippen MR) is 84.0 cm³/mol. The number of nitrogens with one attached hydrogen (secondary N) is 1. The van der Waals surface area contributed by atoms with Crippen molar-refractivity contribution in [2.75, 3.05) is 7.11 Å². The van der Waals surface area contributed by atoms with Crippen molar-refractivity contribution in [2.45, 2.75) is 32.4 Å². The van der Waals surface area contributed by atoms with Gasteiger partial charge >= 0.3 is 0 Å². The molecule has 20 heavy (non-hydrogen) atoms. The second-order valence-electron chi connectivity index (χ2n) is 4.86. The normalized spacial score (nSPS) is 12.3. The van der Waals surface area contributed by atoms with Crippen molar-refractivity contribution in [1.29, 1.82) is 0 Å². The lowest BCUT2D eigenvalue weighted by molar-refractivity contribution is 0.403. The van der Waals surface area contributed by atoms with E-state index in [1.54, 1.807) is 13.4 Å². The molecule has 0 saturated carbocycles. The first kappa shape index (κ1) is 15.1. The molecule has 2 aromatic rings. The summed E-state index contributed by atoms with van der Waals surface area (Å²) < 4.78 is 11.8. The van der Waals surface area contributed by atoms with Crippen LogP contribution in [0.4, 0.5) is 0 Å². The quantitative estimate of drug-likeness (QED) is 0.823. The summed E-state index contributed by atoms with van der Waals surface area (Å²) in [4.78, 5) is 0. The monoisotopic (exact) mass is 337 g/mol. The molecule has 1 aromatic carbocycles. The zero-order chi connectivity index (χ0) is 14.4. The second kappa shape index (κ2) is 7.50. The Bertz CT molecular complexity index is 525. The van der Waals surface area contributed by atoms with Gasteiger partial charge in [-0.2, -0.15) is 0 Å². The molecule has 1 N–H and O–H groups in total. The Kier molecular flexibility index (Phi) is 5.68. The van der Waals surface area contributed by atoms with E-state index in [1.807, 2.05) is 24.3 Å². The van der Waals surface area contributed by atoms with Crippen LogP contribution in [0.1, 0.15) is 24.7 Å². The molecule has 1 unspecified atom stereocenters. The SMILES string of the molecule is COc1ccc(Br)cc1CNC(C)CCc1ccco1. The summed E-state index contributed by atoms with van der Waals surface area (Å²) >= 11 is 3.49. The maximum Gasteiger partial charge on any atom is 0.123 e. The fourth-order valence-electron chi connectivity index (χ4n) is 2.09. The maximum absolute atomic E-state index is 5.38. The van der Waals surface area contributed by atoms with Gasteiger partial charge in [0.2, 0.25) is 0 Å². The van der Waals surface area contributed by atoms with Crippen LogP contribution in [-0.2, 0) is 13.0 Å². The molecule has 1 aromatic heterocycles. The highest BCUT2D eigenvalue weighted by atomic mass is 79.9. The molecule has 1 heterocycles. The van der Waals surface area contributed by atoms with E-state index >= 15 is 0 Å². The average Bonchev–Trinajstić information content (AvgIpc) is 2.96. The summed E-state index contributed by atoms with van der Waals surface area (Å²) in [5.74, 6) is 1.96. The fourth-order valence-corrected chi connectivity index (χ4v) is 2.49. The Morgan fingerprint density at radius 3 is 2.90 bits per heavy atom. The fraction of sp³-hybridized carbons (Fsp3) is 0.375. The van der Waals surface area contributed by atoms with Crippen molar-refractivity contribution < 1.29 is 9.15 Å². The Hall–Kier alpha value is -1.26. The van der Waals surface area contributed by atoms with Crippen LogP contribution in [0.25, 0.3) is 0 Å². The van der Waals surface area contributed by atoms with E-state index in [-0.39, 0.29) is 0 Å². The summed E-state index contributed by atoms with van der Waals surface area (Å²) in [5, 5.41) is 3.52. The molecule has 4 heteroatoms. The molecule has 1 atom stereocenters. The topological polar surface area (TPSA) is 34.4 Å². The highest BCUT2D eigenvalue weighted by molar-refractivity contribution is 9.10. The number of benzene rings is 1. The van der Waals surface area contributed by atoms with Crippen LogP contribution in [0.15, 0.2) is 45.5 Å². The molecule has 3 nitrogen and oxygen atoms in total. The van der Waals surface area contributed by atoms with Gasteiger partial charge < -0.3 is 14.5 Å². The highest BCUT2D eigenvalue weighted by Crippen LogP contribution is 2.23. The zero-order valence-corrected chi connectivity index (χ0v) is 13.4. The number of furan rings is 1. The van der Waals surface area contributed by atoms with Crippen LogP contribution in [0.2, 0.25) is 0 Å². The van der Waals surface area contributed by atoms with E-state index in [2.05, 4.69) is 34.2 Å². The van der Waals surface area contributed by atoms with Crippen LogP contribution >= 0.6 is 15.9 Å². The van der Waals surface area contributed by atoms with Crippen molar-refractivity contribution in [1.82, 2.24) is 5.32 Å². The standard InChI is InChI=1S/C16H20BrNO2/c1-12(5-7-15-4-3-9-20-15)18-11-13-10-14(17)6-8-16(13)19-2/h3-4,6,8-10,12,18H,5,7,11H2,1-2H3. The minimum Gasteiger partial charge on any atom is -0.496 e. The number of methoxy groups -OCH3 is 1. The van der Waals surface area contributed by atoms with Crippen LogP contribution < -0.4 is 10.1 Å². The molecule has 0 spiro atoms. The van der Waals surface area contributed by atoms with Gasteiger partial charge in [-0.15, -0.1) is 0 Å². The van der Waals surface area contributed by atoms with Gasteiger partial charge in [0.1, 0.15) is 11.5 Å². The molecule has 0 amide bonds. The molecule has 0 aliphatic heterocycles. The summed E-state index contributed by atoms with van der Waals surface area (Å²) in [6.45, 7) is 2.98. The smallest absolute Gasteiger partial charge is 0.123 e. The minimum absolute atomic E-state index is 0.420. The predicted octanol–water partition coefficient (Wildman–Crippen LogP) is 4.16. The van der Waals surface area contributed by atoms with Gasteiger partial charge in [0, 0.05) is 29.0 Å². The van der Waals surface area contributed by atoms with Crippen LogP contribution in [0.3, 0.4) is 0 Å². The van der Waals surface area contributed by atoms with E-state index in [4.69, 9.17) is 9.15 Å². The van der Waals surface area contributed by atoms with E-state index in [0.29, 0.717) is 6.04 Å². The molecule has 2 rings (SSSR count). The van der Waals surface area contributed by atoms with E-state index in [1.165, 1.54) is 0 Å². The van der Waals surface area contributed by atoms with Crippen molar-refractivity contribution in [2.24, 2.45) is 0 Å². The van der Waals surface area contributed by atoms with Gasteiger partial charge in [-0.25, -0.2) is 0 Å². The molecule has 0 saturated heterocycles. The Morgan fingerprint density at radius 1 is 1.35 bits per heavy atom. The number of aryl methyl sites for hydroxylation is 1.